The summed E-state index contributed by atoms with van der Waals surface area (Å²) in [5, 5.41) is 63.3. The summed E-state index contributed by atoms with van der Waals surface area (Å²) in [6.07, 6.45) is -5.89. The predicted molar refractivity (Wildman–Crippen MR) is 118 cm³/mol. The molecule has 3 aromatic rings. The van der Waals surface area contributed by atoms with Crippen LogP contribution in [0.25, 0.3) is 21.5 Å². The SMILES string of the molecule is CCC(c1cccc2cc3cc(C(OC)C(O)C(O)C(C)O)cc(O)c3cc12)C(O)O. The number of phenols is 1. The molecule has 5 atom stereocenters. The van der Waals surface area contributed by atoms with Crippen molar-refractivity contribution < 1.29 is 35.4 Å². The van der Waals surface area contributed by atoms with Crippen molar-refractivity contribution in [3.63, 3.8) is 0 Å². The van der Waals surface area contributed by atoms with Crippen LogP contribution in [-0.2, 0) is 4.74 Å². The summed E-state index contributed by atoms with van der Waals surface area (Å²) in [7, 11) is 1.38. The van der Waals surface area contributed by atoms with E-state index in [1.807, 2.05) is 37.3 Å². The molecule has 0 amide bonds. The molecule has 7 nitrogen and oxygen atoms in total. The zero-order chi connectivity index (χ0) is 22.9. The van der Waals surface area contributed by atoms with Crippen LogP contribution in [0.5, 0.6) is 5.75 Å². The highest BCUT2D eigenvalue weighted by atomic mass is 16.5. The monoisotopic (exact) mass is 430 g/mol. The van der Waals surface area contributed by atoms with Crippen LogP contribution in [0.15, 0.2) is 42.5 Å². The summed E-state index contributed by atoms with van der Waals surface area (Å²) in [5.41, 5.74) is 1.23. The van der Waals surface area contributed by atoms with Gasteiger partial charge in [0.15, 0.2) is 6.29 Å². The first-order valence-corrected chi connectivity index (χ1v) is 10.3. The molecule has 0 bridgehead atoms. The van der Waals surface area contributed by atoms with E-state index in [4.69, 9.17) is 4.74 Å². The maximum Gasteiger partial charge on any atom is 0.158 e. The van der Waals surface area contributed by atoms with Crippen molar-refractivity contribution in [1.29, 1.82) is 0 Å². The topological polar surface area (TPSA) is 131 Å². The molecule has 0 radical (unpaired) electrons. The molecule has 31 heavy (non-hydrogen) atoms. The third kappa shape index (κ3) is 4.52. The highest BCUT2D eigenvalue weighted by Crippen LogP contribution is 2.37. The molecule has 0 aliphatic carbocycles. The Hall–Kier alpha value is -2.26. The zero-order valence-corrected chi connectivity index (χ0v) is 17.8. The number of aliphatic hydroxyl groups is 5. The van der Waals surface area contributed by atoms with Crippen LogP contribution >= 0.6 is 0 Å². The molecule has 0 aliphatic heterocycles. The van der Waals surface area contributed by atoms with Gasteiger partial charge in [0.1, 0.15) is 24.1 Å². The van der Waals surface area contributed by atoms with Gasteiger partial charge in [-0.1, -0.05) is 25.1 Å². The third-order valence-corrected chi connectivity index (χ3v) is 5.92. The molecule has 0 aromatic heterocycles. The van der Waals surface area contributed by atoms with Gasteiger partial charge in [-0.3, -0.25) is 0 Å². The van der Waals surface area contributed by atoms with Crippen LogP contribution in [0.4, 0.5) is 0 Å². The Morgan fingerprint density at radius 2 is 1.58 bits per heavy atom. The van der Waals surface area contributed by atoms with Gasteiger partial charge in [-0.25, -0.2) is 0 Å². The lowest BCUT2D eigenvalue weighted by Gasteiger charge is -2.28. The molecule has 3 aromatic carbocycles. The molecule has 5 unspecified atom stereocenters. The van der Waals surface area contributed by atoms with Gasteiger partial charge >= 0.3 is 0 Å². The minimum Gasteiger partial charge on any atom is -0.507 e. The van der Waals surface area contributed by atoms with E-state index in [-0.39, 0.29) is 5.75 Å². The van der Waals surface area contributed by atoms with E-state index in [1.165, 1.54) is 20.1 Å². The third-order valence-electron chi connectivity index (χ3n) is 5.92. The Labute approximate surface area is 180 Å². The first-order chi connectivity index (χ1) is 14.7. The molecule has 6 N–H and O–H groups in total. The molecule has 0 saturated heterocycles. The highest BCUT2D eigenvalue weighted by molar-refractivity contribution is 6.02. The second-order valence-electron chi connectivity index (χ2n) is 7.99. The largest absolute Gasteiger partial charge is 0.507 e. The number of hydrogen-bond donors (Lipinski definition) is 6. The summed E-state index contributed by atoms with van der Waals surface area (Å²) >= 11 is 0. The molecule has 3 rings (SSSR count). The van der Waals surface area contributed by atoms with Crippen molar-refractivity contribution in [2.45, 2.75) is 56.9 Å². The summed E-state index contributed by atoms with van der Waals surface area (Å²) < 4.78 is 5.36. The number of methoxy groups -OCH3 is 1. The number of rotatable bonds is 8. The second kappa shape index (κ2) is 9.48. The van der Waals surface area contributed by atoms with Crippen LogP contribution in [0.1, 0.15) is 43.4 Å². The first kappa shape index (κ1) is 23.4. The maximum atomic E-state index is 10.7. The van der Waals surface area contributed by atoms with Crippen molar-refractivity contribution in [3.8, 4) is 5.75 Å². The molecule has 168 valence electrons. The lowest BCUT2D eigenvalue weighted by atomic mass is 9.89. The Kier molecular flexibility index (Phi) is 7.16. The number of fused-ring (bicyclic) bond motifs is 2. The summed E-state index contributed by atoms with van der Waals surface area (Å²) in [6, 6.07) is 12.5. The Bertz CT molecular complexity index is 1050. The lowest BCUT2D eigenvalue weighted by molar-refractivity contribution is -0.112. The smallest absolute Gasteiger partial charge is 0.158 e. The van der Waals surface area contributed by atoms with Crippen LogP contribution in [0, 0.1) is 0 Å². The molecule has 0 fully saturated rings. The van der Waals surface area contributed by atoms with Crippen molar-refractivity contribution in [1.82, 2.24) is 0 Å². The van der Waals surface area contributed by atoms with Crippen LogP contribution in [0.2, 0.25) is 0 Å². The molecule has 0 heterocycles. The van der Waals surface area contributed by atoms with Crippen LogP contribution in [0.3, 0.4) is 0 Å². The second-order valence-corrected chi connectivity index (χ2v) is 7.99. The van der Waals surface area contributed by atoms with E-state index in [1.54, 1.807) is 6.07 Å². The van der Waals surface area contributed by atoms with Gasteiger partial charge in [-0.15, -0.1) is 0 Å². The predicted octanol–water partition coefficient (Wildman–Crippen LogP) is 2.29. The van der Waals surface area contributed by atoms with Gasteiger partial charge in [0, 0.05) is 18.4 Å². The van der Waals surface area contributed by atoms with Crippen molar-refractivity contribution in [2.75, 3.05) is 7.11 Å². The molecular weight excluding hydrogens is 400 g/mol. The van der Waals surface area contributed by atoms with E-state index in [2.05, 4.69) is 0 Å². The van der Waals surface area contributed by atoms with E-state index < -0.39 is 36.6 Å². The van der Waals surface area contributed by atoms with E-state index in [0.717, 1.165) is 16.3 Å². The Balaban J connectivity index is 2.16. The van der Waals surface area contributed by atoms with E-state index in [9.17, 15) is 30.6 Å². The van der Waals surface area contributed by atoms with Gasteiger partial charge in [0.2, 0.25) is 0 Å². The van der Waals surface area contributed by atoms with Gasteiger partial charge in [0.25, 0.3) is 0 Å². The quantitative estimate of drug-likeness (QED) is 0.239. The standard InChI is InChI=1S/C24H30O7/c1-4-16(24(29)30)17-7-5-6-13-8-14-9-15(10-20(26)19(14)11-18(13)17)23(31-3)22(28)21(27)12(2)25/h5-12,16,21-30H,4H2,1-3H3. The summed E-state index contributed by atoms with van der Waals surface area (Å²) in [6.45, 7) is 3.25. The number of benzene rings is 3. The fourth-order valence-electron chi connectivity index (χ4n) is 4.18. The summed E-state index contributed by atoms with van der Waals surface area (Å²) in [5.74, 6) is -0.500. The van der Waals surface area contributed by atoms with Crippen molar-refractivity contribution >= 4 is 21.5 Å². The number of aliphatic hydroxyl groups excluding tert-OH is 4. The average molecular weight is 430 g/mol. The van der Waals surface area contributed by atoms with Crippen molar-refractivity contribution in [2.24, 2.45) is 0 Å². The lowest BCUT2D eigenvalue weighted by Crippen LogP contribution is -2.40. The van der Waals surface area contributed by atoms with Crippen LogP contribution in [-0.4, -0.2) is 62.4 Å². The average Bonchev–Trinajstić information content (AvgIpc) is 2.72. The minimum absolute atomic E-state index is 0.0393. The Morgan fingerprint density at radius 3 is 2.16 bits per heavy atom. The number of ether oxygens (including phenoxy) is 1. The normalized spacial score (nSPS) is 17.1. The van der Waals surface area contributed by atoms with E-state index >= 15 is 0 Å². The molecule has 0 aliphatic rings. The molecule has 0 spiro atoms. The number of aromatic hydroxyl groups is 1. The number of hydrogen-bond acceptors (Lipinski definition) is 7. The zero-order valence-electron chi connectivity index (χ0n) is 17.8. The van der Waals surface area contributed by atoms with Gasteiger partial charge in [-0.2, -0.15) is 0 Å². The summed E-state index contributed by atoms with van der Waals surface area (Å²) in [4.78, 5) is 0. The molecule has 0 saturated carbocycles. The number of phenolic OH excluding ortho intramolecular Hbond substituents is 1. The van der Waals surface area contributed by atoms with Gasteiger partial charge in [0.05, 0.1) is 6.10 Å². The fraction of sp³-hybridized carbons (Fsp3) is 0.417. The Morgan fingerprint density at radius 1 is 0.871 bits per heavy atom. The van der Waals surface area contributed by atoms with E-state index in [0.29, 0.717) is 22.8 Å². The first-order valence-electron chi connectivity index (χ1n) is 10.3. The molecular formula is C24H30O7. The minimum atomic E-state index is -1.49. The molecule has 7 heteroatoms. The van der Waals surface area contributed by atoms with Gasteiger partial charge < -0.3 is 35.4 Å². The fourth-order valence-corrected chi connectivity index (χ4v) is 4.18. The highest BCUT2D eigenvalue weighted by Gasteiger charge is 2.31. The van der Waals surface area contributed by atoms with Gasteiger partial charge in [-0.05, 0) is 64.9 Å². The van der Waals surface area contributed by atoms with Crippen molar-refractivity contribution in [3.05, 3.63) is 53.6 Å². The maximum absolute atomic E-state index is 10.7. The van der Waals surface area contributed by atoms with Crippen LogP contribution < -0.4 is 0 Å².